The second-order valence-corrected chi connectivity index (χ2v) is 6.72. The van der Waals surface area contributed by atoms with Crippen molar-refractivity contribution in [1.82, 2.24) is 10.2 Å². The maximum Gasteiger partial charge on any atom is 0.0594 e. The quantitative estimate of drug-likeness (QED) is 0.885. The number of nitrogens with zero attached hydrogens (tertiary/aromatic N) is 1. The molecule has 1 aliphatic heterocycles. The average molecular weight is 316 g/mol. The average Bonchev–Trinajstić information content (AvgIpc) is 3.08. The summed E-state index contributed by atoms with van der Waals surface area (Å²) in [5.41, 5.74) is 2.74. The fourth-order valence-corrected chi connectivity index (χ4v) is 3.79. The van der Waals surface area contributed by atoms with Crippen molar-refractivity contribution in [1.29, 1.82) is 0 Å². The van der Waals surface area contributed by atoms with Crippen LogP contribution in [0.5, 0.6) is 0 Å². The minimum absolute atomic E-state index is 0.452. The van der Waals surface area contributed by atoms with Crippen LogP contribution in [0.2, 0.25) is 0 Å². The summed E-state index contributed by atoms with van der Waals surface area (Å²) in [6, 6.07) is 13.4. The van der Waals surface area contributed by atoms with E-state index in [0.29, 0.717) is 6.04 Å². The number of ether oxygens (including phenoxy) is 1. The SMILES string of the molecule is Cc1ccccc1CNCC(c1cccs1)N1CCOCC1. The minimum atomic E-state index is 0.452. The van der Waals surface area contributed by atoms with Crippen LogP contribution >= 0.6 is 11.3 Å². The van der Waals surface area contributed by atoms with E-state index < -0.39 is 0 Å². The van der Waals surface area contributed by atoms with Crippen LogP contribution in [-0.2, 0) is 11.3 Å². The highest BCUT2D eigenvalue weighted by Crippen LogP contribution is 2.25. The number of thiophene rings is 1. The first kappa shape index (κ1) is 15.7. The summed E-state index contributed by atoms with van der Waals surface area (Å²) in [5.74, 6) is 0. The van der Waals surface area contributed by atoms with Crippen molar-refractivity contribution in [2.75, 3.05) is 32.8 Å². The van der Waals surface area contributed by atoms with Crippen molar-refractivity contribution in [2.24, 2.45) is 0 Å². The topological polar surface area (TPSA) is 24.5 Å². The maximum atomic E-state index is 5.50. The fraction of sp³-hybridized carbons (Fsp3) is 0.444. The Kier molecular flexibility index (Phi) is 5.62. The van der Waals surface area contributed by atoms with Gasteiger partial charge < -0.3 is 10.1 Å². The molecule has 1 unspecified atom stereocenters. The summed E-state index contributed by atoms with van der Waals surface area (Å²) < 4.78 is 5.50. The van der Waals surface area contributed by atoms with E-state index in [1.165, 1.54) is 16.0 Å². The van der Waals surface area contributed by atoms with Crippen molar-refractivity contribution < 1.29 is 4.74 Å². The molecule has 118 valence electrons. The molecule has 0 bridgehead atoms. The number of hydrogen-bond acceptors (Lipinski definition) is 4. The largest absolute Gasteiger partial charge is 0.379 e. The van der Waals surface area contributed by atoms with E-state index in [4.69, 9.17) is 4.74 Å². The van der Waals surface area contributed by atoms with Crippen molar-refractivity contribution >= 4 is 11.3 Å². The maximum absolute atomic E-state index is 5.50. The molecule has 4 heteroatoms. The van der Waals surface area contributed by atoms with Gasteiger partial charge >= 0.3 is 0 Å². The smallest absolute Gasteiger partial charge is 0.0594 e. The molecular weight excluding hydrogens is 292 g/mol. The first-order valence-corrected chi connectivity index (χ1v) is 8.83. The standard InChI is InChI=1S/C18H24N2OS/c1-15-5-2-3-6-16(15)13-19-14-17(18-7-4-12-22-18)20-8-10-21-11-9-20/h2-7,12,17,19H,8-11,13-14H2,1H3. The van der Waals surface area contributed by atoms with Crippen molar-refractivity contribution in [3.8, 4) is 0 Å². The molecule has 0 radical (unpaired) electrons. The van der Waals surface area contributed by atoms with Crippen LogP contribution in [-0.4, -0.2) is 37.7 Å². The van der Waals surface area contributed by atoms with E-state index in [1.807, 2.05) is 11.3 Å². The highest BCUT2D eigenvalue weighted by molar-refractivity contribution is 7.10. The molecule has 2 aromatic rings. The predicted molar refractivity (Wildman–Crippen MR) is 92.3 cm³/mol. The zero-order valence-electron chi connectivity index (χ0n) is 13.1. The minimum Gasteiger partial charge on any atom is -0.379 e. The monoisotopic (exact) mass is 316 g/mol. The number of benzene rings is 1. The van der Waals surface area contributed by atoms with Crippen LogP contribution < -0.4 is 5.32 Å². The normalized spacial score (nSPS) is 17.5. The van der Waals surface area contributed by atoms with E-state index >= 15 is 0 Å². The van der Waals surface area contributed by atoms with Gasteiger partial charge in [0.1, 0.15) is 0 Å². The van der Waals surface area contributed by atoms with Gasteiger partial charge in [0.25, 0.3) is 0 Å². The Balaban J connectivity index is 1.62. The number of aryl methyl sites for hydroxylation is 1. The van der Waals surface area contributed by atoms with Crippen molar-refractivity contribution in [2.45, 2.75) is 19.5 Å². The molecule has 0 aliphatic carbocycles. The molecule has 0 amide bonds. The Morgan fingerprint density at radius 1 is 1.18 bits per heavy atom. The number of morpholine rings is 1. The van der Waals surface area contributed by atoms with Crippen LogP contribution in [0.25, 0.3) is 0 Å². The van der Waals surface area contributed by atoms with Crippen LogP contribution in [0, 0.1) is 6.92 Å². The van der Waals surface area contributed by atoms with Gasteiger partial charge in [0.15, 0.2) is 0 Å². The molecule has 1 atom stereocenters. The second-order valence-electron chi connectivity index (χ2n) is 5.74. The lowest BCUT2D eigenvalue weighted by molar-refractivity contribution is 0.0168. The van der Waals surface area contributed by atoms with Gasteiger partial charge in [-0.15, -0.1) is 11.3 Å². The van der Waals surface area contributed by atoms with Crippen LogP contribution in [0.4, 0.5) is 0 Å². The zero-order chi connectivity index (χ0) is 15.2. The van der Waals surface area contributed by atoms with E-state index in [0.717, 1.165) is 39.4 Å². The van der Waals surface area contributed by atoms with Crippen LogP contribution in [0.15, 0.2) is 41.8 Å². The highest BCUT2D eigenvalue weighted by atomic mass is 32.1. The Bertz CT molecular complexity index is 564. The van der Waals surface area contributed by atoms with Gasteiger partial charge in [-0.05, 0) is 29.5 Å². The second kappa shape index (κ2) is 7.88. The van der Waals surface area contributed by atoms with Gasteiger partial charge in [0.2, 0.25) is 0 Å². The summed E-state index contributed by atoms with van der Waals surface area (Å²) in [7, 11) is 0. The summed E-state index contributed by atoms with van der Waals surface area (Å²) >= 11 is 1.85. The summed E-state index contributed by atoms with van der Waals surface area (Å²) in [5, 5.41) is 5.82. The lowest BCUT2D eigenvalue weighted by atomic mass is 10.1. The van der Waals surface area contributed by atoms with Crippen molar-refractivity contribution in [3.05, 3.63) is 57.8 Å². The first-order valence-electron chi connectivity index (χ1n) is 7.95. The zero-order valence-corrected chi connectivity index (χ0v) is 13.9. The van der Waals surface area contributed by atoms with E-state index in [1.54, 1.807) is 0 Å². The third-order valence-corrected chi connectivity index (χ3v) is 5.25. The molecule has 1 N–H and O–H groups in total. The lowest BCUT2D eigenvalue weighted by Crippen LogP contribution is -2.42. The number of hydrogen-bond donors (Lipinski definition) is 1. The molecule has 1 aliphatic rings. The summed E-state index contributed by atoms with van der Waals surface area (Å²) in [6.07, 6.45) is 0. The van der Waals surface area contributed by atoms with E-state index in [9.17, 15) is 0 Å². The van der Waals surface area contributed by atoms with E-state index in [-0.39, 0.29) is 0 Å². The van der Waals surface area contributed by atoms with Gasteiger partial charge in [-0.2, -0.15) is 0 Å². The highest BCUT2D eigenvalue weighted by Gasteiger charge is 2.22. The molecule has 3 rings (SSSR count). The molecule has 1 saturated heterocycles. The molecule has 3 nitrogen and oxygen atoms in total. The van der Waals surface area contributed by atoms with Crippen molar-refractivity contribution in [3.63, 3.8) is 0 Å². The molecule has 0 saturated carbocycles. The molecule has 0 spiro atoms. The summed E-state index contributed by atoms with van der Waals surface area (Å²) in [6.45, 7) is 7.83. The Morgan fingerprint density at radius 3 is 2.73 bits per heavy atom. The molecule has 22 heavy (non-hydrogen) atoms. The third kappa shape index (κ3) is 3.96. The molecule has 2 heterocycles. The van der Waals surface area contributed by atoms with Gasteiger partial charge in [-0.1, -0.05) is 30.3 Å². The summed E-state index contributed by atoms with van der Waals surface area (Å²) in [4.78, 5) is 3.99. The molecule has 1 fully saturated rings. The Labute approximate surface area is 136 Å². The van der Waals surface area contributed by atoms with Gasteiger partial charge in [0, 0.05) is 31.1 Å². The molecule has 1 aromatic heterocycles. The fourth-order valence-electron chi connectivity index (χ4n) is 2.93. The number of rotatable bonds is 6. The first-order chi connectivity index (χ1) is 10.8. The third-order valence-electron chi connectivity index (χ3n) is 4.27. The predicted octanol–water partition coefficient (Wildman–Crippen LogP) is 3.22. The van der Waals surface area contributed by atoms with E-state index in [2.05, 4.69) is 58.9 Å². The Morgan fingerprint density at radius 2 is 2.00 bits per heavy atom. The van der Waals surface area contributed by atoms with Gasteiger partial charge in [-0.25, -0.2) is 0 Å². The number of nitrogens with one attached hydrogen (secondary N) is 1. The Hall–Kier alpha value is -1.20. The van der Waals surface area contributed by atoms with Crippen LogP contribution in [0.3, 0.4) is 0 Å². The van der Waals surface area contributed by atoms with Gasteiger partial charge in [0.05, 0.1) is 19.3 Å². The van der Waals surface area contributed by atoms with Crippen LogP contribution in [0.1, 0.15) is 22.0 Å². The molecule has 1 aromatic carbocycles. The lowest BCUT2D eigenvalue weighted by Gasteiger charge is -2.34. The van der Waals surface area contributed by atoms with Gasteiger partial charge in [-0.3, -0.25) is 4.90 Å². The molecular formula is C18H24N2OS.